The number of hydrogen-bond donors (Lipinski definition) is 0. The van der Waals surface area contributed by atoms with Gasteiger partial charge in [0.15, 0.2) is 0 Å². The van der Waals surface area contributed by atoms with E-state index in [1.807, 2.05) is 6.07 Å². The zero-order chi connectivity index (χ0) is 24.5. The molecule has 0 saturated carbocycles. The molecule has 0 amide bonds. The van der Waals surface area contributed by atoms with E-state index in [-0.39, 0.29) is 32.4 Å². The molecule has 2 aromatic carbocycles. The number of hydrogen-bond acceptors (Lipinski definition) is 0. The van der Waals surface area contributed by atoms with Crippen molar-refractivity contribution in [1.29, 1.82) is 0 Å². The maximum absolute atomic E-state index is 6.89. The minimum Gasteiger partial charge on any atom is -0.0826 e. The van der Waals surface area contributed by atoms with Crippen LogP contribution in [0.4, 0.5) is 0 Å². The van der Waals surface area contributed by atoms with Crippen LogP contribution in [0.25, 0.3) is 0 Å². The number of benzene rings is 2. The first-order chi connectivity index (χ1) is 14.5. The molecule has 0 N–H and O–H groups in total. The SMILES string of the molecule is C[Si](C)(C)C[C@H]1c2c(Cl)c(Cl)c(Cl)c(Cl)c2[C@@H](c2cc(Cl)c(Cl)c(Cl)c2Cl)[C@@H]1[Si](C)(C)C. The van der Waals surface area contributed by atoms with Gasteiger partial charge in [-0.05, 0) is 34.2 Å². The van der Waals surface area contributed by atoms with E-state index in [0.717, 1.165) is 22.7 Å². The maximum atomic E-state index is 6.89. The molecule has 1 aliphatic rings. The van der Waals surface area contributed by atoms with Crippen LogP contribution in [-0.4, -0.2) is 16.1 Å². The smallest absolute Gasteiger partial charge is 0.0796 e. The Labute approximate surface area is 232 Å². The summed E-state index contributed by atoms with van der Waals surface area (Å²) in [6, 6.07) is 2.84. The Bertz CT molecular complexity index is 1090. The first-order valence-corrected chi connectivity index (χ1v) is 20.5. The normalized spacial score (nSPS) is 21.2. The molecule has 0 saturated heterocycles. The van der Waals surface area contributed by atoms with Crippen molar-refractivity contribution in [3.63, 3.8) is 0 Å². The summed E-state index contributed by atoms with van der Waals surface area (Å²) in [6.45, 7) is 14.1. The van der Waals surface area contributed by atoms with Gasteiger partial charge in [0.2, 0.25) is 0 Å². The Morgan fingerprint density at radius 3 is 1.56 bits per heavy atom. The third-order valence-corrected chi connectivity index (χ3v) is 14.1. The second kappa shape index (κ2) is 9.58. The van der Waals surface area contributed by atoms with Gasteiger partial charge in [-0.3, -0.25) is 0 Å². The van der Waals surface area contributed by atoms with Crippen LogP contribution in [0, 0.1) is 0 Å². The monoisotopic (exact) mass is 624 g/mol. The fourth-order valence-corrected chi connectivity index (χ4v) is 12.0. The molecule has 3 atom stereocenters. The van der Waals surface area contributed by atoms with Gasteiger partial charge in [-0.2, -0.15) is 0 Å². The molecular weight excluding hydrogens is 604 g/mol. The molecule has 2 aromatic rings. The Balaban J connectivity index is 2.48. The lowest BCUT2D eigenvalue weighted by molar-refractivity contribution is 0.653. The Morgan fingerprint density at radius 1 is 0.625 bits per heavy atom. The van der Waals surface area contributed by atoms with Crippen molar-refractivity contribution in [2.45, 2.75) is 62.7 Å². The van der Waals surface area contributed by atoms with Crippen molar-refractivity contribution in [3.05, 3.63) is 62.9 Å². The molecule has 10 heteroatoms. The highest BCUT2D eigenvalue weighted by atomic mass is 35.5. The minimum absolute atomic E-state index is 0.169. The van der Waals surface area contributed by atoms with Crippen molar-refractivity contribution >= 4 is 109 Å². The molecule has 0 bridgehead atoms. The summed E-state index contributed by atoms with van der Waals surface area (Å²) >= 11 is 52.9. The van der Waals surface area contributed by atoms with Gasteiger partial charge < -0.3 is 0 Å². The quantitative estimate of drug-likeness (QED) is 0.180. The van der Waals surface area contributed by atoms with E-state index >= 15 is 0 Å². The van der Waals surface area contributed by atoms with Gasteiger partial charge in [0, 0.05) is 22.1 Å². The highest BCUT2D eigenvalue weighted by Crippen LogP contribution is 2.65. The summed E-state index contributed by atoms with van der Waals surface area (Å²) < 4.78 is 0. The van der Waals surface area contributed by atoms with E-state index in [0.29, 0.717) is 25.1 Å². The van der Waals surface area contributed by atoms with Crippen LogP contribution in [0.3, 0.4) is 0 Å². The third kappa shape index (κ3) is 4.90. The third-order valence-electron chi connectivity index (χ3n) is 6.11. The molecule has 0 nitrogen and oxygen atoms in total. The summed E-state index contributed by atoms with van der Waals surface area (Å²) in [5.74, 6) is 0.00921. The Morgan fingerprint density at radius 2 is 1.09 bits per heavy atom. The standard InChI is InChI=1S/C22H24Cl8Si2/c1-31(2,3)8-10-12-14(18(27)21(30)20(29)17(12)26)13(22(10)32(4,5)6)9-7-11(23)16(25)19(28)15(9)24/h7,10,13,22H,8H2,1-6H3/t10-,13+,22+/m0/s1. The molecule has 32 heavy (non-hydrogen) atoms. The van der Waals surface area contributed by atoms with Crippen LogP contribution in [-0.2, 0) is 0 Å². The molecule has 0 spiro atoms. The molecule has 0 heterocycles. The Hall–Kier alpha value is 1.19. The van der Waals surface area contributed by atoms with E-state index in [2.05, 4.69) is 39.3 Å². The zero-order valence-electron chi connectivity index (χ0n) is 18.5. The lowest BCUT2D eigenvalue weighted by Crippen LogP contribution is -2.36. The van der Waals surface area contributed by atoms with E-state index in [1.165, 1.54) is 0 Å². The molecule has 0 unspecified atom stereocenters. The van der Waals surface area contributed by atoms with Crippen LogP contribution in [0.2, 0.25) is 91.0 Å². The molecule has 1 aliphatic carbocycles. The summed E-state index contributed by atoms with van der Waals surface area (Å²) in [5, 5.41) is 2.66. The summed E-state index contributed by atoms with van der Waals surface area (Å²) in [6.07, 6.45) is 0. The molecule has 0 aliphatic heterocycles. The lowest BCUT2D eigenvalue weighted by atomic mass is 9.92. The van der Waals surface area contributed by atoms with Gasteiger partial charge in [-0.15, -0.1) is 0 Å². The van der Waals surface area contributed by atoms with Gasteiger partial charge >= 0.3 is 0 Å². The Kier molecular flexibility index (Phi) is 8.31. The van der Waals surface area contributed by atoms with Crippen LogP contribution in [0.5, 0.6) is 0 Å². The molecular formula is C22H24Cl8Si2. The van der Waals surface area contributed by atoms with E-state index in [1.54, 1.807) is 0 Å². The second-order valence-electron chi connectivity index (χ2n) is 10.7. The van der Waals surface area contributed by atoms with Gasteiger partial charge in [0.25, 0.3) is 0 Å². The second-order valence-corrected chi connectivity index (χ2v) is 24.7. The van der Waals surface area contributed by atoms with Crippen LogP contribution in [0.1, 0.15) is 28.5 Å². The van der Waals surface area contributed by atoms with Crippen molar-refractivity contribution in [2.24, 2.45) is 0 Å². The molecule has 0 aromatic heterocycles. The van der Waals surface area contributed by atoms with E-state index in [4.69, 9.17) is 92.8 Å². The van der Waals surface area contributed by atoms with E-state index in [9.17, 15) is 0 Å². The first kappa shape index (κ1) is 27.8. The maximum Gasteiger partial charge on any atom is 0.0796 e. The number of rotatable bonds is 4. The predicted molar refractivity (Wildman–Crippen MR) is 153 cm³/mol. The summed E-state index contributed by atoms with van der Waals surface area (Å²) in [4.78, 5) is 0. The van der Waals surface area contributed by atoms with E-state index < -0.39 is 16.1 Å². The van der Waals surface area contributed by atoms with Crippen molar-refractivity contribution < 1.29 is 0 Å². The predicted octanol–water partition coefficient (Wildman–Crippen LogP) is 12.2. The van der Waals surface area contributed by atoms with Crippen LogP contribution >= 0.6 is 92.8 Å². The largest absolute Gasteiger partial charge is 0.0826 e. The molecule has 176 valence electrons. The lowest BCUT2D eigenvalue weighted by Gasteiger charge is -2.38. The van der Waals surface area contributed by atoms with Crippen LogP contribution in [0.15, 0.2) is 6.07 Å². The number of halogens is 8. The first-order valence-electron chi connectivity index (χ1n) is 10.2. The molecule has 3 rings (SSSR count). The van der Waals surface area contributed by atoms with Crippen LogP contribution < -0.4 is 0 Å². The number of fused-ring (bicyclic) bond motifs is 1. The van der Waals surface area contributed by atoms with Crippen molar-refractivity contribution in [1.82, 2.24) is 0 Å². The summed E-state index contributed by atoms with van der Waals surface area (Å²) in [5.41, 5.74) is 2.91. The zero-order valence-corrected chi connectivity index (χ0v) is 26.6. The fourth-order valence-electron chi connectivity index (χ4n) is 5.08. The average molecular weight is 628 g/mol. The van der Waals surface area contributed by atoms with Gasteiger partial charge in [-0.1, -0.05) is 138 Å². The summed E-state index contributed by atoms with van der Waals surface area (Å²) in [7, 11) is -3.36. The van der Waals surface area contributed by atoms with Gasteiger partial charge in [0.05, 0.1) is 40.2 Å². The highest BCUT2D eigenvalue weighted by molar-refractivity contribution is 6.79. The van der Waals surface area contributed by atoms with Crippen molar-refractivity contribution in [3.8, 4) is 0 Å². The molecule has 0 radical (unpaired) electrons. The van der Waals surface area contributed by atoms with Gasteiger partial charge in [0.1, 0.15) is 0 Å². The minimum atomic E-state index is -1.84. The fraction of sp³-hybridized carbons (Fsp3) is 0.455. The topological polar surface area (TPSA) is 0 Å². The average Bonchev–Trinajstić information content (AvgIpc) is 2.99. The molecule has 0 fully saturated rings. The highest BCUT2D eigenvalue weighted by Gasteiger charge is 2.52. The van der Waals surface area contributed by atoms with Crippen molar-refractivity contribution in [2.75, 3.05) is 0 Å². The van der Waals surface area contributed by atoms with Gasteiger partial charge in [-0.25, -0.2) is 0 Å².